The molecule has 0 aromatic heterocycles. The Balaban J connectivity index is 3.07. The Morgan fingerprint density at radius 2 is 1.92 bits per heavy atom. The Kier molecular flexibility index (Phi) is 2.03. The fourth-order valence-electron chi connectivity index (χ4n) is 0.872. The minimum Gasteiger partial charge on any atom is -0.508 e. The van der Waals surface area contributed by atoms with Crippen molar-refractivity contribution < 1.29 is 5.11 Å². The largest absolute Gasteiger partial charge is 0.508 e. The van der Waals surface area contributed by atoms with Crippen LogP contribution in [0.4, 0.5) is 0 Å². The van der Waals surface area contributed by atoms with Gasteiger partial charge in [-0.3, -0.25) is 0 Å². The maximum atomic E-state index is 8.97. The van der Waals surface area contributed by atoms with Crippen LogP contribution in [0.25, 0.3) is 0 Å². The van der Waals surface area contributed by atoms with Crippen LogP contribution in [-0.4, -0.2) is 5.11 Å². The van der Waals surface area contributed by atoms with Gasteiger partial charge in [-0.15, -0.1) is 0 Å². The van der Waals surface area contributed by atoms with E-state index in [-0.39, 0.29) is 5.75 Å². The van der Waals surface area contributed by atoms with Gasteiger partial charge in [-0.25, -0.2) is 0 Å². The van der Waals surface area contributed by atoms with Crippen LogP contribution >= 0.6 is 0 Å². The summed E-state index contributed by atoms with van der Waals surface area (Å²) in [4.78, 5) is 0. The lowest BCUT2D eigenvalue weighted by atomic mass is 9.95. The van der Waals surface area contributed by atoms with E-state index in [4.69, 9.17) is 16.1 Å². The molecule has 0 saturated heterocycles. The highest BCUT2D eigenvalue weighted by Crippen LogP contribution is 2.19. The van der Waals surface area contributed by atoms with Crippen molar-refractivity contribution in [1.82, 2.24) is 0 Å². The predicted octanol–water partition coefficient (Wildman–Crippen LogP) is 1.09. The number of nitrogens with zero attached hydrogens (tertiary/aromatic N) is 1. The zero-order valence-electron chi connectivity index (χ0n) is 6.78. The Labute approximate surface area is 71.1 Å². The first kappa shape index (κ1) is 8.57. The van der Waals surface area contributed by atoms with Crippen molar-refractivity contribution in [2.45, 2.75) is 12.5 Å². The molecule has 12 heavy (non-hydrogen) atoms. The third kappa shape index (κ3) is 1.55. The highest BCUT2D eigenvalue weighted by molar-refractivity contribution is 5.33. The van der Waals surface area contributed by atoms with E-state index in [1.165, 1.54) is 12.1 Å². The van der Waals surface area contributed by atoms with Gasteiger partial charge in [0.2, 0.25) is 0 Å². The number of nitrogens with two attached hydrogens (primary N) is 1. The van der Waals surface area contributed by atoms with Crippen LogP contribution in [0.2, 0.25) is 0 Å². The maximum Gasteiger partial charge on any atom is 0.126 e. The van der Waals surface area contributed by atoms with Gasteiger partial charge in [0.15, 0.2) is 0 Å². The second-order valence-corrected chi connectivity index (χ2v) is 2.86. The molecule has 0 radical (unpaired) electrons. The first-order valence-electron chi connectivity index (χ1n) is 3.56. The molecule has 0 amide bonds. The smallest absolute Gasteiger partial charge is 0.126 e. The van der Waals surface area contributed by atoms with Crippen molar-refractivity contribution in [2.75, 3.05) is 0 Å². The van der Waals surface area contributed by atoms with Crippen LogP contribution < -0.4 is 5.73 Å². The number of benzene rings is 1. The summed E-state index contributed by atoms with van der Waals surface area (Å²) in [6.45, 7) is 1.62. The van der Waals surface area contributed by atoms with Crippen LogP contribution in [0.3, 0.4) is 0 Å². The van der Waals surface area contributed by atoms with Crippen molar-refractivity contribution in [3.05, 3.63) is 29.8 Å². The Hall–Kier alpha value is -1.53. The molecule has 0 heterocycles. The monoisotopic (exact) mass is 162 g/mol. The molecule has 1 unspecified atom stereocenters. The van der Waals surface area contributed by atoms with Crippen LogP contribution in [0, 0.1) is 11.3 Å². The number of phenols is 1. The molecule has 0 spiro atoms. The molecule has 0 aliphatic heterocycles. The van der Waals surface area contributed by atoms with Crippen molar-refractivity contribution in [3.8, 4) is 11.8 Å². The Bertz CT molecular complexity index is 308. The third-order valence-electron chi connectivity index (χ3n) is 1.70. The molecule has 0 saturated carbocycles. The van der Waals surface area contributed by atoms with E-state index in [0.29, 0.717) is 5.56 Å². The number of rotatable bonds is 1. The van der Waals surface area contributed by atoms with E-state index in [2.05, 4.69) is 0 Å². The molecule has 1 rings (SSSR count). The van der Waals surface area contributed by atoms with E-state index >= 15 is 0 Å². The molecule has 1 aromatic carbocycles. The molecule has 3 heteroatoms. The first-order valence-corrected chi connectivity index (χ1v) is 3.56. The van der Waals surface area contributed by atoms with Gasteiger partial charge in [-0.1, -0.05) is 12.1 Å². The molecule has 3 nitrogen and oxygen atoms in total. The number of phenolic OH excluding ortho intramolecular Hbond substituents is 1. The van der Waals surface area contributed by atoms with Gasteiger partial charge in [-0.05, 0) is 24.6 Å². The second kappa shape index (κ2) is 2.84. The van der Waals surface area contributed by atoms with E-state index in [1.54, 1.807) is 19.1 Å². The highest BCUT2D eigenvalue weighted by atomic mass is 16.3. The fourth-order valence-corrected chi connectivity index (χ4v) is 0.872. The lowest BCUT2D eigenvalue weighted by molar-refractivity contribution is 0.474. The number of hydrogen-bond acceptors (Lipinski definition) is 3. The molecular formula is C9H10N2O. The zero-order valence-corrected chi connectivity index (χ0v) is 6.78. The quantitative estimate of drug-likeness (QED) is 0.649. The van der Waals surface area contributed by atoms with Crippen molar-refractivity contribution >= 4 is 0 Å². The number of hydrogen-bond donors (Lipinski definition) is 2. The average Bonchev–Trinajstić information content (AvgIpc) is 2.05. The summed E-state index contributed by atoms with van der Waals surface area (Å²) >= 11 is 0. The molecule has 0 aliphatic rings. The fraction of sp³-hybridized carbons (Fsp3) is 0.222. The van der Waals surface area contributed by atoms with Gasteiger partial charge in [0.25, 0.3) is 0 Å². The summed E-state index contributed by atoms with van der Waals surface area (Å²) in [6, 6.07) is 8.27. The summed E-state index contributed by atoms with van der Waals surface area (Å²) in [7, 11) is 0. The minimum absolute atomic E-state index is 0.174. The van der Waals surface area contributed by atoms with Gasteiger partial charge in [0.05, 0.1) is 6.07 Å². The van der Waals surface area contributed by atoms with Crippen LogP contribution in [0.1, 0.15) is 12.5 Å². The zero-order chi connectivity index (χ0) is 9.19. The van der Waals surface area contributed by atoms with Crippen molar-refractivity contribution in [2.24, 2.45) is 5.73 Å². The SMILES string of the molecule is CC(N)(C#N)c1ccc(O)cc1. The molecule has 1 atom stereocenters. The van der Waals surface area contributed by atoms with E-state index < -0.39 is 5.54 Å². The van der Waals surface area contributed by atoms with E-state index in [1.807, 2.05) is 6.07 Å². The van der Waals surface area contributed by atoms with E-state index in [9.17, 15) is 0 Å². The molecule has 3 N–H and O–H groups in total. The number of aromatic hydroxyl groups is 1. The van der Waals surface area contributed by atoms with Crippen molar-refractivity contribution in [3.63, 3.8) is 0 Å². The van der Waals surface area contributed by atoms with Gasteiger partial charge in [0.1, 0.15) is 11.3 Å². The third-order valence-corrected chi connectivity index (χ3v) is 1.70. The Morgan fingerprint density at radius 3 is 2.33 bits per heavy atom. The molecule has 62 valence electrons. The maximum absolute atomic E-state index is 8.97. The molecule has 0 aliphatic carbocycles. The normalized spacial score (nSPS) is 14.8. The lowest BCUT2D eigenvalue weighted by Gasteiger charge is -2.15. The first-order chi connectivity index (χ1) is 5.56. The summed E-state index contributed by atoms with van der Waals surface area (Å²) in [5.74, 6) is 0.174. The summed E-state index contributed by atoms with van der Waals surface area (Å²) in [6.07, 6.45) is 0. The van der Waals surface area contributed by atoms with Crippen LogP contribution in [0.5, 0.6) is 5.75 Å². The Morgan fingerprint density at radius 1 is 1.42 bits per heavy atom. The topological polar surface area (TPSA) is 70.0 Å². The summed E-state index contributed by atoms with van der Waals surface area (Å²) in [5.41, 5.74) is 5.36. The lowest BCUT2D eigenvalue weighted by Crippen LogP contribution is -2.30. The highest BCUT2D eigenvalue weighted by Gasteiger charge is 2.19. The number of nitriles is 1. The molecule has 0 bridgehead atoms. The van der Waals surface area contributed by atoms with Gasteiger partial charge < -0.3 is 10.8 Å². The second-order valence-electron chi connectivity index (χ2n) is 2.86. The van der Waals surface area contributed by atoms with Crippen LogP contribution in [-0.2, 0) is 5.54 Å². The molecular weight excluding hydrogens is 152 g/mol. The molecule has 0 fully saturated rings. The van der Waals surface area contributed by atoms with E-state index in [0.717, 1.165) is 0 Å². The predicted molar refractivity (Wildman–Crippen MR) is 45.3 cm³/mol. The summed E-state index contributed by atoms with van der Waals surface area (Å²) in [5, 5.41) is 17.7. The average molecular weight is 162 g/mol. The van der Waals surface area contributed by atoms with Crippen molar-refractivity contribution in [1.29, 1.82) is 5.26 Å². The standard InChI is InChI=1S/C9H10N2O/c1-9(11,6-10)7-2-4-8(12)5-3-7/h2-5,12H,11H2,1H3. The van der Waals surface area contributed by atoms with Gasteiger partial charge >= 0.3 is 0 Å². The minimum atomic E-state index is -0.978. The van der Waals surface area contributed by atoms with Crippen LogP contribution in [0.15, 0.2) is 24.3 Å². The van der Waals surface area contributed by atoms with Gasteiger partial charge in [0, 0.05) is 0 Å². The summed E-state index contributed by atoms with van der Waals surface area (Å²) < 4.78 is 0. The molecule has 1 aromatic rings. The van der Waals surface area contributed by atoms with Gasteiger partial charge in [-0.2, -0.15) is 5.26 Å².